The maximum Gasteiger partial charge on any atom is 0.416 e. The van der Waals surface area contributed by atoms with E-state index in [0.717, 1.165) is 18.7 Å². The molecule has 1 atom stereocenters. The first-order valence-corrected chi connectivity index (χ1v) is 6.96. The van der Waals surface area contributed by atoms with Gasteiger partial charge in [-0.2, -0.15) is 13.2 Å². The molecule has 1 aromatic rings. The SMILES string of the molecule is CN(C)CCC1CN(C)C(=O)c2cc(C(F)(F)F)ccc2O1. The van der Waals surface area contributed by atoms with Gasteiger partial charge >= 0.3 is 6.18 Å². The second-order valence-electron chi connectivity index (χ2n) is 5.73. The van der Waals surface area contributed by atoms with Crippen LogP contribution in [0.5, 0.6) is 5.75 Å². The molecule has 0 saturated carbocycles. The van der Waals surface area contributed by atoms with Gasteiger partial charge in [0.15, 0.2) is 0 Å². The number of halogens is 3. The van der Waals surface area contributed by atoms with Crippen molar-refractivity contribution in [3.05, 3.63) is 29.3 Å². The fraction of sp³-hybridized carbons (Fsp3) is 0.533. The Morgan fingerprint density at radius 3 is 2.64 bits per heavy atom. The molecule has 122 valence electrons. The summed E-state index contributed by atoms with van der Waals surface area (Å²) in [6.45, 7) is 1.12. The highest BCUT2D eigenvalue weighted by molar-refractivity contribution is 5.97. The fourth-order valence-corrected chi connectivity index (χ4v) is 2.34. The van der Waals surface area contributed by atoms with Gasteiger partial charge in [0.25, 0.3) is 5.91 Å². The number of likely N-dealkylation sites (N-methyl/N-ethyl adjacent to an activating group) is 1. The molecule has 7 heteroatoms. The van der Waals surface area contributed by atoms with Crippen molar-refractivity contribution >= 4 is 5.91 Å². The van der Waals surface area contributed by atoms with Crippen LogP contribution in [-0.2, 0) is 6.18 Å². The van der Waals surface area contributed by atoms with E-state index in [0.29, 0.717) is 13.0 Å². The molecule has 4 nitrogen and oxygen atoms in total. The highest BCUT2D eigenvalue weighted by Crippen LogP contribution is 2.34. The Morgan fingerprint density at radius 2 is 2.05 bits per heavy atom. The lowest BCUT2D eigenvalue weighted by molar-refractivity contribution is -0.137. The number of hydrogen-bond acceptors (Lipinski definition) is 3. The van der Waals surface area contributed by atoms with Crippen molar-refractivity contribution in [1.82, 2.24) is 9.80 Å². The predicted molar refractivity (Wildman–Crippen MR) is 76.0 cm³/mol. The van der Waals surface area contributed by atoms with Crippen LogP contribution in [0.4, 0.5) is 13.2 Å². The molecule has 0 bridgehead atoms. The minimum Gasteiger partial charge on any atom is -0.488 e. The van der Waals surface area contributed by atoms with Gasteiger partial charge in [0.2, 0.25) is 0 Å². The number of ether oxygens (including phenoxy) is 1. The lowest BCUT2D eigenvalue weighted by Crippen LogP contribution is -2.35. The fourth-order valence-electron chi connectivity index (χ4n) is 2.34. The normalized spacial score (nSPS) is 19.0. The van der Waals surface area contributed by atoms with Crippen LogP contribution < -0.4 is 4.74 Å². The van der Waals surface area contributed by atoms with Crippen molar-refractivity contribution < 1.29 is 22.7 Å². The summed E-state index contributed by atoms with van der Waals surface area (Å²) in [4.78, 5) is 15.7. The van der Waals surface area contributed by atoms with Crippen molar-refractivity contribution in [2.24, 2.45) is 0 Å². The summed E-state index contributed by atoms with van der Waals surface area (Å²) in [6, 6.07) is 3.04. The van der Waals surface area contributed by atoms with Crippen LogP contribution in [-0.4, -0.2) is 56.0 Å². The Bertz CT molecular complexity index is 558. The molecule has 1 unspecified atom stereocenters. The van der Waals surface area contributed by atoms with Gasteiger partial charge in [0.05, 0.1) is 17.7 Å². The zero-order chi connectivity index (χ0) is 16.5. The molecule has 1 aliphatic heterocycles. The standard InChI is InChI=1S/C15H19F3N2O2/c1-19(2)7-6-11-9-20(3)14(21)12-8-10(15(16,17)18)4-5-13(12)22-11/h4-5,8,11H,6-7,9H2,1-3H3. The van der Waals surface area contributed by atoms with Crippen molar-refractivity contribution in [1.29, 1.82) is 0 Å². The second-order valence-corrected chi connectivity index (χ2v) is 5.73. The summed E-state index contributed by atoms with van der Waals surface area (Å²) in [6.07, 6.45) is -4.04. The lowest BCUT2D eigenvalue weighted by atomic mass is 10.1. The van der Waals surface area contributed by atoms with E-state index >= 15 is 0 Å². The first-order valence-electron chi connectivity index (χ1n) is 6.96. The van der Waals surface area contributed by atoms with E-state index in [1.165, 1.54) is 11.0 Å². The molecule has 0 aromatic heterocycles. The molecule has 1 heterocycles. The van der Waals surface area contributed by atoms with Crippen LogP contribution in [0.3, 0.4) is 0 Å². The van der Waals surface area contributed by atoms with Gasteiger partial charge in [-0.25, -0.2) is 0 Å². The van der Waals surface area contributed by atoms with Gasteiger partial charge in [0.1, 0.15) is 11.9 Å². The molecule has 0 saturated heterocycles. The molecule has 1 aromatic carbocycles. The molecule has 0 aliphatic carbocycles. The van der Waals surface area contributed by atoms with E-state index in [1.54, 1.807) is 7.05 Å². The first-order chi connectivity index (χ1) is 10.2. The third-order valence-electron chi connectivity index (χ3n) is 3.55. The molecule has 0 fully saturated rings. The summed E-state index contributed by atoms with van der Waals surface area (Å²) < 4.78 is 44.2. The number of hydrogen-bond donors (Lipinski definition) is 0. The number of amides is 1. The number of carbonyl (C=O) groups is 1. The molecule has 2 rings (SSSR count). The summed E-state index contributed by atoms with van der Waals surface area (Å²) in [5.41, 5.74) is -0.881. The smallest absolute Gasteiger partial charge is 0.416 e. The average molecular weight is 316 g/mol. The van der Waals surface area contributed by atoms with Crippen LogP contribution in [0.15, 0.2) is 18.2 Å². The Labute approximate surface area is 127 Å². The Balaban J connectivity index is 2.31. The zero-order valence-electron chi connectivity index (χ0n) is 12.8. The first kappa shape index (κ1) is 16.6. The van der Waals surface area contributed by atoms with Gasteiger partial charge in [-0.3, -0.25) is 4.79 Å². The van der Waals surface area contributed by atoms with Gasteiger partial charge < -0.3 is 14.5 Å². The van der Waals surface area contributed by atoms with Crippen molar-refractivity contribution in [2.45, 2.75) is 18.7 Å². The summed E-state index contributed by atoms with van der Waals surface area (Å²) >= 11 is 0. The number of alkyl halides is 3. The highest BCUT2D eigenvalue weighted by Gasteiger charge is 2.34. The van der Waals surface area contributed by atoms with Gasteiger partial charge in [-0.1, -0.05) is 0 Å². The maximum atomic E-state index is 12.8. The number of benzene rings is 1. The van der Waals surface area contributed by atoms with Crippen LogP contribution in [0, 0.1) is 0 Å². The van der Waals surface area contributed by atoms with E-state index in [2.05, 4.69) is 0 Å². The molecule has 0 spiro atoms. The number of rotatable bonds is 3. The summed E-state index contributed by atoms with van der Waals surface area (Å²) in [5, 5.41) is 0. The van der Waals surface area contributed by atoms with E-state index in [9.17, 15) is 18.0 Å². The highest BCUT2D eigenvalue weighted by atomic mass is 19.4. The monoisotopic (exact) mass is 316 g/mol. The molecule has 1 amide bonds. The van der Waals surface area contributed by atoms with Crippen LogP contribution >= 0.6 is 0 Å². The third-order valence-corrected chi connectivity index (χ3v) is 3.55. The number of fused-ring (bicyclic) bond motifs is 1. The van der Waals surface area contributed by atoms with Crippen molar-refractivity contribution in [3.8, 4) is 5.75 Å². The summed E-state index contributed by atoms with van der Waals surface area (Å²) in [5.74, 6) is -0.237. The van der Waals surface area contributed by atoms with E-state index in [-0.39, 0.29) is 17.4 Å². The topological polar surface area (TPSA) is 32.8 Å². The minimum atomic E-state index is -4.48. The largest absolute Gasteiger partial charge is 0.488 e. The molecule has 22 heavy (non-hydrogen) atoms. The van der Waals surface area contributed by atoms with Crippen LogP contribution in [0.2, 0.25) is 0 Å². The maximum absolute atomic E-state index is 12.8. The third kappa shape index (κ3) is 3.71. The van der Waals surface area contributed by atoms with Gasteiger partial charge in [0, 0.05) is 13.6 Å². The van der Waals surface area contributed by atoms with Gasteiger partial charge in [-0.15, -0.1) is 0 Å². The predicted octanol–water partition coefficient (Wildman–Crippen LogP) is 2.49. The average Bonchev–Trinajstić information content (AvgIpc) is 2.53. The summed E-state index contributed by atoms with van der Waals surface area (Å²) in [7, 11) is 5.42. The minimum absolute atomic E-state index is 0.0373. The molecule has 1 aliphatic rings. The Kier molecular flexibility index (Phi) is 4.65. The Hall–Kier alpha value is -1.76. The van der Waals surface area contributed by atoms with Crippen molar-refractivity contribution in [3.63, 3.8) is 0 Å². The van der Waals surface area contributed by atoms with Gasteiger partial charge in [-0.05, 0) is 38.7 Å². The second kappa shape index (κ2) is 6.16. The van der Waals surface area contributed by atoms with Crippen molar-refractivity contribution in [2.75, 3.05) is 34.2 Å². The van der Waals surface area contributed by atoms with Crippen LogP contribution in [0.1, 0.15) is 22.3 Å². The van der Waals surface area contributed by atoms with Crippen LogP contribution in [0.25, 0.3) is 0 Å². The number of carbonyl (C=O) groups excluding carboxylic acids is 1. The molecular formula is C15H19F3N2O2. The lowest BCUT2D eigenvalue weighted by Gasteiger charge is -2.22. The van der Waals surface area contributed by atoms with E-state index in [4.69, 9.17) is 4.74 Å². The quantitative estimate of drug-likeness (QED) is 0.859. The molecule has 0 N–H and O–H groups in total. The zero-order valence-corrected chi connectivity index (χ0v) is 12.8. The van der Waals surface area contributed by atoms with E-state index < -0.39 is 17.6 Å². The molecular weight excluding hydrogens is 297 g/mol. The molecule has 0 radical (unpaired) electrons. The van der Waals surface area contributed by atoms with E-state index in [1.807, 2.05) is 19.0 Å². The number of nitrogens with zero attached hydrogens (tertiary/aromatic N) is 2. The Morgan fingerprint density at radius 1 is 1.36 bits per heavy atom.